The molecule has 1 heterocycles. The summed E-state index contributed by atoms with van der Waals surface area (Å²) in [4.78, 5) is 5.13. The summed E-state index contributed by atoms with van der Waals surface area (Å²) in [7, 11) is 4.33. The van der Waals surface area contributed by atoms with Gasteiger partial charge >= 0.3 is 0 Å². The number of likely N-dealkylation sites (tertiary alicyclic amines) is 1. The lowest BCUT2D eigenvalue weighted by Crippen LogP contribution is -2.52. The number of unbranched alkanes of at least 4 members (excludes halogenated alkanes) is 1. The molecule has 3 unspecified atom stereocenters. The number of hydrogen-bond acceptors (Lipinski definition) is 3. The summed E-state index contributed by atoms with van der Waals surface area (Å²) >= 11 is 0. The molecule has 0 aromatic carbocycles. The van der Waals surface area contributed by atoms with E-state index >= 15 is 0 Å². The van der Waals surface area contributed by atoms with Gasteiger partial charge in [0.1, 0.15) is 0 Å². The van der Waals surface area contributed by atoms with E-state index in [1.165, 1.54) is 38.9 Å². The molecule has 0 aliphatic carbocycles. The van der Waals surface area contributed by atoms with Gasteiger partial charge in [0.2, 0.25) is 0 Å². The average Bonchev–Trinajstić information content (AvgIpc) is 2.39. The van der Waals surface area contributed by atoms with Gasteiger partial charge in [-0.25, -0.2) is 0 Å². The lowest BCUT2D eigenvalue weighted by molar-refractivity contribution is 0.0851. The van der Waals surface area contributed by atoms with Crippen LogP contribution in [-0.4, -0.2) is 61.7 Å². The fourth-order valence-corrected chi connectivity index (χ4v) is 3.10. The molecule has 1 fully saturated rings. The minimum Gasteiger partial charge on any atom is -0.317 e. The maximum atomic E-state index is 3.47. The van der Waals surface area contributed by atoms with Crippen LogP contribution in [0.1, 0.15) is 47.0 Å². The number of nitrogens with one attached hydrogen (secondary N) is 1. The van der Waals surface area contributed by atoms with Gasteiger partial charge < -0.3 is 15.1 Å². The molecule has 0 aromatic rings. The first-order valence-electron chi connectivity index (χ1n) is 8.09. The third-order valence-corrected chi connectivity index (χ3v) is 5.16. The van der Waals surface area contributed by atoms with E-state index in [2.05, 4.69) is 56.9 Å². The van der Waals surface area contributed by atoms with Crippen molar-refractivity contribution in [3.63, 3.8) is 0 Å². The molecular weight excluding hydrogens is 234 g/mol. The largest absolute Gasteiger partial charge is 0.317 e. The van der Waals surface area contributed by atoms with Crippen LogP contribution in [0, 0.1) is 5.92 Å². The second kappa shape index (κ2) is 8.23. The molecule has 0 saturated carbocycles. The molecule has 0 spiro atoms. The first kappa shape index (κ1) is 16.9. The van der Waals surface area contributed by atoms with E-state index in [1.54, 1.807) is 0 Å². The topological polar surface area (TPSA) is 18.5 Å². The summed E-state index contributed by atoms with van der Waals surface area (Å²) < 4.78 is 0. The Morgan fingerprint density at radius 2 is 1.95 bits per heavy atom. The van der Waals surface area contributed by atoms with Crippen molar-refractivity contribution in [3.05, 3.63) is 0 Å². The van der Waals surface area contributed by atoms with Gasteiger partial charge in [-0.3, -0.25) is 0 Å². The van der Waals surface area contributed by atoms with E-state index in [0.29, 0.717) is 18.1 Å². The highest BCUT2D eigenvalue weighted by atomic mass is 15.2. The Hall–Kier alpha value is -0.120. The molecule has 3 atom stereocenters. The molecule has 0 amide bonds. The molecule has 1 aliphatic heterocycles. The summed E-state index contributed by atoms with van der Waals surface area (Å²) in [6, 6.07) is 2.10. The highest BCUT2D eigenvalue weighted by Gasteiger charge is 2.30. The molecule has 114 valence electrons. The number of piperidine rings is 1. The third-order valence-electron chi connectivity index (χ3n) is 5.16. The Kier molecular flexibility index (Phi) is 7.33. The molecule has 3 heteroatoms. The second-order valence-electron chi connectivity index (χ2n) is 6.60. The van der Waals surface area contributed by atoms with Crippen LogP contribution >= 0.6 is 0 Å². The normalized spacial score (nSPS) is 29.4. The van der Waals surface area contributed by atoms with Crippen LogP contribution in [0.25, 0.3) is 0 Å². The maximum absolute atomic E-state index is 3.47. The quantitative estimate of drug-likeness (QED) is 0.716. The molecule has 19 heavy (non-hydrogen) atoms. The Labute approximate surface area is 120 Å². The van der Waals surface area contributed by atoms with Crippen molar-refractivity contribution < 1.29 is 0 Å². The molecule has 0 radical (unpaired) electrons. The molecule has 0 bridgehead atoms. The Morgan fingerprint density at radius 1 is 1.26 bits per heavy atom. The fourth-order valence-electron chi connectivity index (χ4n) is 3.10. The number of hydrogen-bond donors (Lipinski definition) is 1. The minimum atomic E-state index is 0.672. The van der Waals surface area contributed by atoms with E-state index < -0.39 is 0 Å². The van der Waals surface area contributed by atoms with Crippen LogP contribution < -0.4 is 5.32 Å². The smallest absolute Gasteiger partial charge is 0.0117 e. The van der Waals surface area contributed by atoms with Gasteiger partial charge in [0.25, 0.3) is 0 Å². The van der Waals surface area contributed by atoms with Gasteiger partial charge in [-0.2, -0.15) is 0 Å². The lowest BCUT2D eigenvalue weighted by atomic mass is 9.87. The molecule has 3 nitrogen and oxygen atoms in total. The molecule has 1 N–H and O–H groups in total. The Bertz CT molecular complexity index is 242. The molecular formula is C16H35N3. The van der Waals surface area contributed by atoms with Crippen molar-refractivity contribution in [2.24, 2.45) is 5.92 Å². The summed E-state index contributed by atoms with van der Waals surface area (Å²) in [6.07, 6.45) is 3.95. The standard InChI is InChI=1S/C16H35N3/c1-13(2)18(6)10-7-8-11-19-12-9-16(17-5)14(3)15(19)4/h13-17H,7-12H2,1-6H3. The first-order valence-corrected chi connectivity index (χ1v) is 8.09. The van der Waals surface area contributed by atoms with E-state index in [0.717, 1.165) is 5.92 Å². The van der Waals surface area contributed by atoms with Gasteiger partial charge in [-0.1, -0.05) is 6.92 Å². The Morgan fingerprint density at radius 3 is 2.53 bits per heavy atom. The van der Waals surface area contributed by atoms with E-state index in [9.17, 15) is 0 Å². The molecule has 1 rings (SSSR count). The minimum absolute atomic E-state index is 0.672. The fraction of sp³-hybridized carbons (Fsp3) is 1.00. The lowest BCUT2D eigenvalue weighted by Gasteiger charge is -2.42. The predicted octanol–water partition coefficient (Wildman–Crippen LogP) is 2.43. The van der Waals surface area contributed by atoms with Crippen LogP contribution in [0.2, 0.25) is 0 Å². The second-order valence-corrected chi connectivity index (χ2v) is 6.60. The van der Waals surface area contributed by atoms with Gasteiger partial charge in [0, 0.05) is 18.1 Å². The zero-order valence-corrected chi connectivity index (χ0v) is 13.9. The summed E-state index contributed by atoms with van der Waals surface area (Å²) in [5.74, 6) is 0.761. The van der Waals surface area contributed by atoms with Crippen molar-refractivity contribution in [1.82, 2.24) is 15.1 Å². The van der Waals surface area contributed by atoms with E-state index in [1.807, 2.05) is 0 Å². The Balaban J connectivity index is 2.23. The van der Waals surface area contributed by atoms with Crippen molar-refractivity contribution >= 4 is 0 Å². The highest BCUT2D eigenvalue weighted by molar-refractivity contribution is 4.87. The summed E-state index contributed by atoms with van der Waals surface area (Å²) in [5.41, 5.74) is 0. The SMILES string of the molecule is CNC1CCN(CCCCN(C)C(C)C)C(C)C1C. The monoisotopic (exact) mass is 269 g/mol. The predicted molar refractivity (Wildman–Crippen MR) is 84.7 cm³/mol. The molecule has 1 saturated heterocycles. The summed E-state index contributed by atoms with van der Waals surface area (Å²) in [6.45, 7) is 13.1. The van der Waals surface area contributed by atoms with Crippen molar-refractivity contribution in [1.29, 1.82) is 0 Å². The first-order chi connectivity index (χ1) is 8.97. The van der Waals surface area contributed by atoms with Gasteiger partial charge in [-0.05, 0) is 79.7 Å². The van der Waals surface area contributed by atoms with Crippen LogP contribution in [0.4, 0.5) is 0 Å². The van der Waals surface area contributed by atoms with Crippen molar-refractivity contribution in [2.45, 2.75) is 65.1 Å². The zero-order valence-electron chi connectivity index (χ0n) is 13.9. The molecule has 1 aliphatic rings. The van der Waals surface area contributed by atoms with Crippen molar-refractivity contribution in [2.75, 3.05) is 33.7 Å². The van der Waals surface area contributed by atoms with Crippen molar-refractivity contribution in [3.8, 4) is 0 Å². The maximum Gasteiger partial charge on any atom is 0.0117 e. The van der Waals surface area contributed by atoms with Gasteiger partial charge in [-0.15, -0.1) is 0 Å². The zero-order chi connectivity index (χ0) is 14.4. The summed E-state index contributed by atoms with van der Waals surface area (Å²) in [5, 5.41) is 3.47. The highest BCUT2D eigenvalue weighted by Crippen LogP contribution is 2.23. The van der Waals surface area contributed by atoms with Crippen LogP contribution in [0.15, 0.2) is 0 Å². The van der Waals surface area contributed by atoms with Crippen LogP contribution in [0.5, 0.6) is 0 Å². The van der Waals surface area contributed by atoms with Gasteiger partial charge in [0.05, 0.1) is 0 Å². The third kappa shape index (κ3) is 5.05. The number of rotatable bonds is 7. The van der Waals surface area contributed by atoms with Crippen LogP contribution in [-0.2, 0) is 0 Å². The molecule has 0 aromatic heterocycles. The number of nitrogens with zero attached hydrogens (tertiary/aromatic N) is 2. The van der Waals surface area contributed by atoms with Crippen LogP contribution in [0.3, 0.4) is 0 Å². The van der Waals surface area contributed by atoms with E-state index in [4.69, 9.17) is 0 Å². The average molecular weight is 269 g/mol. The van der Waals surface area contributed by atoms with E-state index in [-0.39, 0.29) is 0 Å². The van der Waals surface area contributed by atoms with Gasteiger partial charge in [0.15, 0.2) is 0 Å².